The standard InChI is InChI=1S/C20H22N2O3/c23-19-12-11-17(21-19)20(24)22-18(16-9-5-2-6-10-16)14-25-13-15-7-3-1-4-8-15/h1-10,17-18H,11-14H2,(H,21,23)(H,22,24)/t17-,18+/m0/s1. The summed E-state index contributed by atoms with van der Waals surface area (Å²) < 4.78 is 5.82. The number of hydrogen-bond acceptors (Lipinski definition) is 3. The van der Waals surface area contributed by atoms with Gasteiger partial charge < -0.3 is 15.4 Å². The molecule has 2 aromatic carbocycles. The lowest BCUT2D eigenvalue weighted by atomic mass is 10.1. The maximum Gasteiger partial charge on any atom is 0.243 e. The van der Waals surface area contributed by atoms with E-state index in [1.54, 1.807) is 0 Å². The van der Waals surface area contributed by atoms with Crippen LogP contribution in [0.2, 0.25) is 0 Å². The number of amides is 2. The Balaban J connectivity index is 1.61. The first kappa shape index (κ1) is 17.2. The quantitative estimate of drug-likeness (QED) is 0.814. The van der Waals surface area contributed by atoms with Gasteiger partial charge in [-0.2, -0.15) is 0 Å². The third-order valence-electron chi connectivity index (χ3n) is 4.23. The molecular formula is C20H22N2O3. The number of ether oxygens (including phenoxy) is 1. The van der Waals surface area contributed by atoms with Crippen LogP contribution in [0.3, 0.4) is 0 Å². The van der Waals surface area contributed by atoms with E-state index in [1.807, 2.05) is 60.7 Å². The molecule has 0 aliphatic carbocycles. The molecule has 1 aliphatic heterocycles. The molecule has 3 rings (SSSR count). The van der Waals surface area contributed by atoms with Gasteiger partial charge in [0.2, 0.25) is 11.8 Å². The lowest BCUT2D eigenvalue weighted by Gasteiger charge is -2.21. The second-order valence-corrected chi connectivity index (χ2v) is 6.13. The number of rotatable bonds is 7. The van der Waals surface area contributed by atoms with Crippen LogP contribution < -0.4 is 10.6 Å². The van der Waals surface area contributed by atoms with Crippen molar-refractivity contribution in [3.05, 3.63) is 71.8 Å². The van der Waals surface area contributed by atoms with E-state index in [0.29, 0.717) is 26.1 Å². The number of carbonyl (C=O) groups is 2. The fraction of sp³-hybridized carbons (Fsp3) is 0.300. The molecule has 130 valence electrons. The molecule has 0 unspecified atom stereocenters. The fourth-order valence-electron chi connectivity index (χ4n) is 2.86. The minimum atomic E-state index is -0.451. The van der Waals surface area contributed by atoms with Crippen LogP contribution in [-0.2, 0) is 20.9 Å². The summed E-state index contributed by atoms with van der Waals surface area (Å²) in [5, 5.41) is 5.70. The summed E-state index contributed by atoms with van der Waals surface area (Å²) in [5.74, 6) is -0.236. The number of nitrogens with one attached hydrogen (secondary N) is 2. The summed E-state index contributed by atoms with van der Waals surface area (Å²) in [7, 11) is 0. The molecule has 1 fully saturated rings. The van der Waals surface area contributed by atoms with E-state index in [9.17, 15) is 9.59 Å². The van der Waals surface area contributed by atoms with Crippen LogP contribution in [0.25, 0.3) is 0 Å². The zero-order chi connectivity index (χ0) is 17.5. The van der Waals surface area contributed by atoms with Crippen LogP contribution >= 0.6 is 0 Å². The lowest BCUT2D eigenvalue weighted by molar-refractivity contribution is -0.126. The molecule has 0 bridgehead atoms. The van der Waals surface area contributed by atoms with E-state index in [2.05, 4.69) is 10.6 Å². The average Bonchev–Trinajstić information content (AvgIpc) is 3.09. The van der Waals surface area contributed by atoms with E-state index in [-0.39, 0.29) is 17.9 Å². The highest BCUT2D eigenvalue weighted by molar-refractivity contribution is 5.90. The summed E-state index contributed by atoms with van der Waals surface area (Å²) in [5.41, 5.74) is 2.07. The summed E-state index contributed by atoms with van der Waals surface area (Å²) in [4.78, 5) is 23.8. The van der Waals surface area contributed by atoms with Gasteiger partial charge in [0.05, 0.1) is 19.3 Å². The Morgan fingerprint density at radius 3 is 2.44 bits per heavy atom. The molecule has 5 heteroatoms. The van der Waals surface area contributed by atoms with Crippen molar-refractivity contribution in [3.8, 4) is 0 Å². The van der Waals surface area contributed by atoms with Crippen molar-refractivity contribution in [1.29, 1.82) is 0 Å². The minimum absolute atomic E-state index is 0.0725. The molecule has 2 amide bonds. The van der Waals surface area contributed by atoms with Gasteiger partial charge in [0.1, 0.15) is 6.04 Å². The largest absolute Gasteiger partial charge is 0.374 e. The van der Waals surface area contributed by atoms with Crippen molar-refractivity contribution < 1.29 is 14.3 Å². The van der Waals surface area contributed by atoms with Crippen molar-refractivity contribution in [2.24, 2.45) is 0 Å². The Kier molecular flexibility index (Phi) is 5.80. The van der Waals surface area contributed by atoms with E-state index < -0.39 is 6.04 Å². The molecule has 0 saturated carbocycles. The third kappa shape index (κ3) is 4.90. The molecule has 2 N–H and O–H groups in total. The lowest BCUT2D eigenvalue weighted by Crippen LogP contribution is -2.44. The van der Waals surface area contributed by atoms with Gasteiger partial charge in [0.25, 0.3) is 0 Å². The second-order valence-electron chi connectivity index (χ2n) is 6.13. The van der Waals surface area contributed by atoms with Crippen LogP contribution in [0.4, 0.5) is 0 Å². The smallest absolute Gasteiger partial charge is 0.243 e. The van der Waals surface area contributed by atoms with E-state index in [0.717, 1.165) is 11.1 Å². The monoisotopic (exact) mass is 338 g/mol. The third-order valence-corrected chi connectivity index (χ3v) is 4.23. The van der Waals surface area contributed by atoms with Crippen molar-refractivity contribution >= 4 is 11.8 Å². The highest BCUT2D eigenvalue weighted by atomic mass is 16.5. The zero-order valence-corrected chi connectivity index (χ0v) is 14.0. The number of carbonyl (C=O) groups excluding carboxylic acids is 2. The average molecular weight is 338 g/mol. The molecule has 2 atom stereocenters. The van der Waals surface area contributed by atoms with Gasteiger partial charge in [0, 0.05) is 6.42 Å². The molecule has 1 heterocycles. The van der Waals surface area contributed by atoms with Crippen molar-refractivity contribution in [2.75, 3.05) is 6.61 Å². The van der Waals surface area contributed by atoms with Gasteiger partial charge in [0.15, 0.2) is 0 Å². The predicted octanol–water partition coefficient (Wildman–Crippen LogP) is 2.34. The van der Waals surface area contributed by atoms with Gasteiger partial charge in [-0.05, 0) is 17.5 Å². The van der Waals surface area contributed by atoms with E-state index in [4.69, 9.17) is 4.74 Å². The van der Waals surface area contributed by atoms with Gasteiger partial charge in [-0.3, -0.25) is 9.59 Å². The van der Waals surface area contributed by atoms with Crippen LogP contribution in [0.15, 0.2) is 60.7 Å². The minimum Gasteiger partial charge on any atom is -0.374 e. The molecule has 0 aromatic heterocycles. The topological polar surface area (TPSA) is 67.4 Å². The second kappa shape index (κ2) is 8.44. The van der Waals surface area contributed by atoms with Crippen LogP contribution in [0.1, 0.15) is 30.0 Å². The molecule has 1 aliphatic rings. The number of hydrogen-bond donors (Lipinski definition) is 2. The highest BCUT2D eigenvalue weighted by Gasteiger charge is 2.28. The molecular weight excluding hydrogens is 316 g/mol. The predicted molar refractivity (Wildman–Crippen MR) is 94.6 cm³/mol. The maximum atomic E-state index is 12.4. The fourth-order valence-corrected chi connectivity index (χ4v) is 2.86. The SMILES string of the molecule is O=C1CC[C@@H](C(=O)N[C@H](COCc2ccccc2)c2ccccc2)N1. The molecule has 25 heavy (non-hydrogen) atoms. The van der Waals surface area contributed by atoms with E-state index in [1.165, 1.54) is 0 Å². The Morgan fingerprint density at radius 2 is 1.80 bits per heavy atom. The van der Waals surface area contributed by atoms with Crippen molar-refractivity contribution in [1.82, 2.24) is 10.6 Å². The summed E-state index contributed by atoms with van der Waals surface area (Å²) in [6.45, 7) is 0.853. The zero-order valence-electron chi connectivity index (χ0n) is 14.0. The van der Waals surface area contributed by atoms with Crippen molar-refractivity contribution in [2.45, 2.75) is 31.5 Å². The van der Waals surface area contributed by atoms with Gasteiger partial charge >= 0.3 is 0 Å². The Morgan fingerprint density at radius 1 is 1.12 bits per heavy atom. The highest BCUT2D eigenvalue weighted by Crippen LogP contribution is 2.16. The molecule has 5 nitrogen and oxygen atoms in total. The first-order valence-electron chi connectivity index (χ1n) is 8.49. The molecule has 0 radical (unpaired) electrons. The first-order chi connectivity index (χ1) is 12.2. The Hall–Kier alpha value is -2.66. The first-order valence-corrected chi connectivity index (χ1v) is 8.49. The maximum absolute atomic E-state index is 12.4. The van der Waals surface area contributed by atoms with Crippen LogP contribution in [0.5, 0.6) is 0 Å². The van der Waals surface area contributed by atoms with Gasteiger partial charge in [-0.1, -0.05) is 60.7 Å². The molecule has 1 saturated heterocycles. The summed E-state index contributed by atoms with van der Waals surface area (Å²) >= 11 is 0. The molecule has 0 spiro atoms. The Labute approximate surface area is 147 Å². The van der Waals surface area contributed by atoms with Crippen molar-refractivity contribution in [3.63, 3.8) is 0 Å². The number of benzene rings is 2. The van der Waals surface area contributed by atoms with Crippen LogP contribution in [-0.4, -0.2) is 24.5 Å². The van der Waals surface area contributed by atoms with Gasteiger partial charge in [-0.25, -0.2) is 0 Å². The van der Waals surface area contributed by atoms with E-state index >= 15 is 0 Å². The molecule has 2 aromatic rings. The summed E-state index contributed by atoms with van der Waals surface area (Å²) in [6, 6.07) is 18.9. The van der Waals surface area contributed by atoms with Crippen LogP contribution in [0, 0.1) is 0 Å². The normalized spacial score (nSPS) is 17.8. The van der Waals surface area contributed by atoms with Gasteiger partial charge in [-0.15, -0.1) is 0 Å². The summed E-state index contributed by atoms with van der Waals surface area (Å²) in [6.07, 6.45) is 0.940. The Bertz CT molecular complexity index is 703.